The van der Waals surface area contributed by atoms with Crippen LogP contribution in [0.25, 0.3) is 0 Å². The summed E-state index contributed by atoms with van der Waals surface area (Å²) >= 11 is -1.95. The molecule has 0 spiro atoms. The average Bonchev–Trinajstić information content (AvgIpc) is 1.27. The van der Waals surface area contributed by atoms with Gasteiger partial charge in [-0.25, -0.2) is 4.21 Å². The zero-order valence-electron chi connectivity index (χ0n) is 3.97. The second kappa shape index (κ2) is 2.76. The molecule has 0 rings (SSSR count). The molecule has 42 valence electrons. The molecular formula is C3H7NO2S. The molecule has 0 bridgehead atoms. The first-order valence-electron chi connectivity index (χ1n) is 1.66. The summed E-state index contributed by atoms with van der Waals surface area (Å²) in [6, 6.07) is 0. The summed E-state index contributed by atoms with van der Waals surface area (Å²) in [7, 11) is 0. The highest BCUT2D eigenvalue weighted by atomic mass is 32.2. The van der Waals surface area contributed by atoms with E-state index in [1.54, 1.807) is 6.92 Å². The maximum atomic E-state index is 9.75. The maximum Gasteiger partial charge on any atom is 0.258 e. The summed E-state index contributed by atoms with van der Waals surface area (Å²) in [4.78, 5) is 0. The first-order valence-corrected chi connectivity index (χ1v) is 2.76. The molecule has 1 atom stereocenters. The Balaban J connectivity index is 3.32. The highest BCUT2D eigenvalue weighted by molar-refractivity contribution is 7.77. The standard InChI is InChI=1S/C3H7NO2S/c1-3(2)4-7(5)6/h4H,1H2,2H3,(H,5,6). The zero-order chi connectivity index (χ0) is 5.86. The van der Waals surface area contributed by atoms with E-state index in [4.69, 9.17) is 4.55 Å². The molecule has 3 nitrogen and oxygen atoms in total. The zero-order valence-corrected chi connectivity index (χ0v) is 4.79. The van der Waals surface area contributed by atoms with E-state index < -0.39 is 11.3 Å². The molecule has 4 heteroatoms. The summed E-state index contributed by atoms with van der Waals surface area (Å²) in [5, 5.41) is 0. The molecule has 1 unspecified atom stereocenters. The topological polar surface area (TPSA) is 49.3 Å². The van der Waals surface area contributed by atoms with E-state index in [1.165, 1.54) is 0 Å². The summed E-state index contributed by atoms with van der Waals surface area (Å²) in [5.41, 5.74) is 0.487. The summed E-state index contributed by atoms with van der Waals surface area (Å²) < 4.78 is 19.9. The monoisotopic (exact) mass is 121 g/mol. The Morgan fingerprint density at radius 2 is 2.43 bits per heavy atom. The Morgan fingerprint density at radius 1 is 2.00 bits per heavy atom. The van der Waals surface area contributed by atoms with Crippen LogP contribution in [-0.2, 0) is 11.3 Å². The molecule has 7 heavy (non-hydrogen) atoms. The molecule has 2 N–H and O–H groups in total. The quantitative estimate of drug-likeness (QED) is 0.514. The molecule has 0 aliphatic carbocycles. The lowest BCUT2D eigenvalue weighted by molar-refractivity contribution is 0.556. The van der Waals surface area contributed by atoms with E-state index in [-0.39, 0.29) is 0 Å². The van der Waals surface area contributed by atoms with Crippen LogP contribution in [0.5, 0.6) is 0 Å². The van der Waals surface area contributed by atoms with Gasteiger partial charge in [-0.2, -0.15) is 0 Å². The molecule has 0 aliphatic heterocycles. The Hall–Kier alpha value is -0.350. The molecule has 0 aromatic carbocycles. The van der Waals surface area contributed by atoms with Gasteiger partial charge in [0.05, 0.1) is 0 Å². The van der Waals surface area contributed by atoms with Gasteiger partial charge in [-0.05, 0) is 6.92 Å². The summed E-state index contributed by atoms with van der Waals surface area (Å²) in [5.74, 6) is 0. The van der Waals surface area contributed by atoms with Gasteiger partial charge in [0.2, 0.25) is 0 Å². The number of hydrogen-bond acceptors (Lipinski definition) is 1. The minimum absolute atomic E-state index is 0.487. The van der Waals surface area contributed by atoms with Crippen molar-refractivity contribution in [2.24, 2.45) is 0 Å². The lowest BCUT2D eigenvalue weighted by Crippen LogP contribution is -2.11. The van der Waals surface area contributed by atoms with Crippen LogP contribution in [0.15, 0.2) is 12.3 Å². The van der Waals surface area contributed by atoms with Gasteiger partial charge in [-0.1, -0.05) is 6.58 Å². The number of allylic oxidation sites excluding steroid dienone is 1. The van der Waals surface area contributed by atoms with Gasteiger partial charge < -0.3 is 0 Å². The molecule has 0 saturated carbocycles. The molecular weight excluding hydrogens is 114 g/mol. The van der Waals surface area contributed by atoms with E-state index in [0.717, 1.165) is 0 Å². The van der Waals surface area contributed by atoms with Gasteiger partial charge in [-0.3, -0.25) is 9.27 Å². The van der Waals surface area contributed by atoms with E-state index in [9.17, 15) is 4.21 Å². The van der Waals surface area contributed by atoms with Crippen molar-refractivity contribution in [2.45, 2.75) is 6.92 Å². The minimum atomic E-state index is -1.95. The van der Waals surface area contributed by atoms with Gasteiger partial charge >= 0.3 is 0 Å². The van der Waals surface area contributed by atoms with Crippen molar-refractivity contribution >= 4 is 11.3 Å². The number of rotatable bonds is 2. The smallest absolute Gasteiger partial charge is 0.258 e. The fraction of sp³-hybridized carbons (Fsp3) is 0.333. The van der Waals surface area contributed by atoms with Crippen LogP contribution < -0.4 is 4.72 Å². The van der Waals surface area contributed by atoms with Gasteiger partial charge in [-0.15, -0.1) is 0 Å². The van der Waals surface area contributed by atoms with Gasteiger partial charge in [0, 0.05) is 5.70 Å². The molecule has 0 radical (unpaired) electrons. The molecule has 0 aromatic rings. The number of nitrogens with one attached hydrogen (secondary N) is 1. The minimum Gasteiger partial charge on any atom is -0.289 e. The highest BCUT2D eigenvalue weighted by Crippen LogP contribution is 1.76. The third kappa shape index (κ3) is 5.65. The van der Waals surface area contributed by atoms with E-state index in [0.29, 0.717) is 5.70 Å². The van der Waals surface area contributed by atoms with Crippen molar-refractivity contribution in [1.82, 2.24) is 4.72 Å². The molecule has 0 heterocycles. The molecule has 0 aliphatic rings. The lowest BCUT2D eigenvalue weighted by Gasteiger charge is -1.93. The molecule has 0 amide bonds. The van der Waals surface area contributed by atoms with Gasteiger partial charge in [0.1, 0.15) is 0 Å². The highest BCUT2D eigenvalue weighted by Gasteiger charge is 1.84. The van der Waals surface area contributed by atoms with Crippen molar-refractivity contribution < 1.29 is 8.76 Å². The van der Waals surface area contributed by atoms with Crippen molar-refractivity contribution in [3.63, 3.8) is 0 Å². The maximum absolute atomic E-state index is 9.75. The largest absolute Gasteiger partial charge is 0.289 e. The Labute approximate surface area is 44.8 Å². The Bertz CT molecular complexity index is 89.1. The van der Waals surface area contributed by atoms with Gasteiger partial charge in [0.25, 0.3) is 11.3 Å². The fourth-order valence-corrected chi connectivity index (χ4v) is 0.447. The van der Waals surface area contributed by atoms with Crippen molar-refractivity contribution in [1.29, 1.82) is 0 Å². The predicted octanol–water partition coefficient (Wildman–Crippen LogP) is 0.246. The van der Waals surface area contributed by atoms with Crippen LogP contribution in [0.2, 0.25) is 0 Å². The van der Waals surface area contributed by atoms with Crippen LogP contribution in [0.4, 0.5) is 0 Å². The van der Waals surface area contributed by atoms with Crippen molar-refractivity contribution in [2.75, 3.05) is 0 Å². The average molecular weight is 121 g/mol. The third-order valence-corrected chi connectivity index (χ3v) is 0.785. The van der Waals surface area contributed by atoms with Gasteiger partial charge in [0.15, 0.2) is 0 Å². The Morgan fingerprint density at radius 3 is 2.43 bits per heavy atom. The van der Waals surface area contributed by atoms with Crippen LogP contribution in [0.1, 0.15) is 6.92 Å². The summed E-state index contributed by atoms with van der Waals surface area (Å²) in [6.07, 6.45) is 0. The normalized spacial score (nSPS) is 12.9. The SMILES string of the molecule is C=C(C)NS(=O)O. The molecule has 0 fully saturated rings. The van der Waals surface area contributed by atoms with Crippen molar-refractivity contribution in [3.8, 4) is 0 Å². The van der Waals surface area contributed by atoms with Crippen LogP contribution in [0, 0.1) is 0 Å². The van der Waals surface area contributed by atoms with E-state index in [2.05, 4.69) is 11.3 Å². The first-order chi connectivity index (χ1) is 3.13. The van der Waals surface area contributed by atoms with Crippen LogP contribution in [-0.4, -0.2) is 8.76 Å². The molecule has 0 aromatic heterocycles. The lowest BCUT2D eigenvalue weighted by atomic mass is 10.6. The second-order valence-electron chi connectivity index (χ2n) is 1.13. The van der Waals surface area contributed by atoms with E-state index >= 15 is 0 Å². The third-order valence-electron chi connectivity index (χ3n) is 0.262. The van der Waals surface area contributed by atoms with E-state index in [1.807, 2.05) is 0 Å². The van der Waals surface area contributed by atoms with Crippen LogP contribution >= 0.6 is 0 Å². The van der Waals surface area contributed by atoms with Crippen molar-refractivity contribution in [3.05, 3.63) is 12.3 Å². The molecule has 0 saturated heterocycles. The Kier molecular flexibility index (Phi) is 2.62. The first kappa shape index (κ1) is 6.65. The number of hydrogen-bond donors (Lipinski definition) is 2. The second-order valence-corrected chi connectivity index (χ2v) is 1.83. The predicted molar refractivity (Wildman–Crippen MR) is 28.7 cm³/mol. The van der Waals surface area contributed by atoms with Crippen LogP contribution in [0.3, 0.4) is 0 Å². The summed E-state index contributed by atoms with van der Waals surface area (Å²) in [6.45, 7) is 4.94. The fourth-order valence-electron chi connectivity index (χ4n) is 0.149.